The van der Waals surface area contributed by atoms with Crippen LogP contribution in [0.15, 0.2) is 35.3 Å². The van der Waals surface area contributed by atoms with Gasteiger partial charge in [-0.05, 0) is 50.7 Å². The maximum absolute atomic E-state index is 9.66. The summed E-state index contributed by atoms with van der Waals surface area (Å²) in [5.41, 5.74) is 1.13. The minimum atomic E-state index is -0.127. The topological polar surface area (TPSA) is 68.7 Å². The number of benzene rings is 1. The lowest BCUT2D eigenvalue weighted by Gasteiger charge is -2.28. The summed E-state index contributed by atoms with van der Waals surface area (Å²) in [5, 5.41) is 20.1. The second kappa shape index (κ2) is 12.4. The summed E-state index contributed by atoms with van der Waals surface area (Å²) < 4.78 is 0. The summed E-state index contributed by atoms with van der Waals surface area (Å²) >= 11 is 0. The molecule has 0 saturated heterocycles. The Morgan fingerprint density at radius 2 is 1.81 bits per heavy atom. The highest BCUT2D eigenvalue weighted by Crippen LogP contribution is 2.18. The summed E-state index contributed by atoms with van der Waals surface area (Å²) in [5.74, 6) is 1.36. The number of nitrogens with one attached hydrogen (secondary N) is 3. The van der Waals surface area contributed by atoms with E-state index in [0.717, 1.165) is 50.4 Å². The van der Waals surface area contributed by atoms with Crippen LogP contribution >= 0.6 is 24.0 Å². The van der Waals surface area contributed by atoms with Crippen molar-refractivity contribution in [3.8, 4) is 0 Å². The zero-order valence-electron chi connectivity index (χ0n) is 16.2. The molecule has 26 heavy (non-hydrogen) atoms. The van der Waals surface area contributed by atoms with Crippen molar-refractivity contribution >= 4 is 35.6 Å². The lowest BCUT2D eigenvalue weighted by Crippen LogP contribution is -2.46. The average Bonchev–Trinajstić information content (AvgIpc) is 2.61. The Bertz CT molecular complexity index is 516. The average molecular weight is 474 g/mol. The second-order valence-electron chi connectivity index (χ2n) is 7.23. The Kier molecular flexibility index (Phi) is 11.0. The van der Waals surface area contributed by atoms with Crippen LogP contribution in [0.2, 0.25) is 0 Å². The molecule has 1 unspecified atom stereocenters. The summed E-state index contributed by atoms with van der Waals surface area (Å²) in [6, 6.07) is 11.0. The van der Waals surface area contributed by atoms with Crippen molar-refractivity contribution in [2.75, 3.05) is 18.4 Å². The van der Waals surface area contributed by atoms with Crippen molar-refractivity contribution in [1.29, 1.82) is 0 Å². The van der Waals surface area contributed by atoms with Crippen molar-refractivity contribution < 1.29 is 5.11 Å². The molecule has 0 radical (unpaired) electrons. The number of aliphatic imine (C=N–C) groups is 1. The fraction of sp³-hybridized carbons (Fsp3) is 0.650. The lowest BCUT2D eigenvalue weighted by molar-refractivity contribution is 0.120. The molecule has 0 heterocycles. The molecule has 1 saturated carbocycles. The Balaban J connectivity index is 0.00000338. The van der Waals surface area contributed by atoms with Crippen molar-refractivity contribution in [1.82, 2.24) is 10.6 Å². The molecule has 6 heteroatoms. The minimum absolute atomic E-state index is 0. The Morgan fingerprint density at radius 1 is 1.15 bits per heavy atom. The number of para-hydroxylation sites is 1. The maximum Gasteiger partial charge on any atom is 0.191 e. The molecule has 0 spiro atoms. The van der Waals surface area contributed by atoms with Gasteiger partial charge in [-0.25, -0.2) is 0 Å². The molecule has 1 aliphatic rings. The van der Waals surface area contributed by atoms with Gasteiger partial charge in [-0.3, -0.25) is 4.99 Å². The van der Waals surface area contributed by atoms with Gasteiger partial charge in [0.05, 0.1) is 12.6 Å². The zero-order valence-corrected chi connectivity index (χ0v) is 18.6. The largest absolute Gasteiger partial charge is 0.393 e. The highest BCUT2D eigenvalue weighted by molar-refractivity contribution is 14.0. The first kappa shape index (κ1) is 23.0. The Hall–Kier alpha value is -1.02. The van der Waals surface area contributed by atoms with Gasteiger partial charge in [0.1, 0.15) is 0 Å². The molecule has 1 aromatic rings. The van der Waals surface area contributed by atoms with Crippen molar-refractivity contribution in [3.05, 3.63) is 30.3 Å². The van der Waals surface area contributed by atoms with Gasteiger partial charge >= 0.3 is 0 Å². The molecule has 5 nitrogen and oxygen atoms in total. The fourth-order valence-corrected chi connectivity index (χ4v) is 3.09. The molecule has 0 bridgehead atoms. The highest BCUT2D eigenvalue weighted by atomic mass is 127. The quantitative estimate of drug-likeness (QED) is 0.277. The number of guanidine groups is 1. The molecular formula is C20H35IN4O. The van der Waals surface area contributed by atoms with E-state index in [2.05, 4.69) is 48.9 Å². The SMILES string of the molecule is CCNC(=NCC(Nc1ccccc1)C(C)C)NC1CCC(O)CC1.I. The standard InChI is InChI=1S/C20H34N4O.HI/c1-4-21-20(24-17-10-12-18(25)13-11-17)22-14-19(15(2)3)23-16-8-6-5-7-9-16;/h5-9,15,17-19,23,25H,4,10-14H2,1-3H3,(H2,21,22,24);1H. The molecule has 148 valence electrons. The third-order valence-electron chi connectivity index (χ3n) is 4.76. The maximum atomic E-state index is 9.66. The van der Waals surface area contributed by atoms with Gasteiger partial charge in [0.2, 0.25) is 0 Å². The fourth-order valence-electron chi connectivity index (χ4n) is 3.09. The van der Waals surface area contributed by atoms with E-state index < -0.39 is 0 Å². The molecule has 0 aromatic heterocycles. The molecule has 1 aliphatic carbocycles. The van der Waals surface area contributed by atoms with Gasteiger partial charge in [-0.1, -0.05) is 32.0 Å². The smallest absolute Gasteiger partial charge is 0.191 e. The van der Waals surface area contributed by atoms with Gasteiger partial charge in [0, 0.05) is 24.3 Å². The van der Waals surface area contributed by atoms with Gasteiger partial charge in [-0.2, -0.15) is 0 Å². The van der Waals surface area contributed by atoms with E-state index >= 15 is 0 Å². The number of rotatable bonds is 7. The number of hydrogen-bond donors (Lipinski definition) is 4. The first-order chi connectivity index (χ1) is 12.1. The first-order valence-corrected chi connectivity index (χ1v) is 9.63. The number of halogens is 1. The monoisotopic (exact) mass is 474 g/mol. The van der Waals surface area contributed by atoms with Crippen molar-refractivity contribution in [2.24, 2.45) is 10.9 Å². The van der Waals surface area contributed by atoms with Crippen LogP contribution < -0.4 is 16.0 Å². The van der Waals surface area contributed by atoms with E-state index in [1.54, 1.807) is 0 Å². The molecular weight excluding hydrogens is 439 g/mol. The van der Waals surface area contributed by atoms with Gasteiger partial charge in [0.25, 0.3) is 0 Å². The molecule has 0 amide bonds. The first-order valence-electron chi connectivity index (χ1n) is 9.63. The van der Waals surface area contributed by atoms with Crippen LogP contribution in [0.25, 0.3) is 0 Å². The summed E-state index contributed by atoms with van der Waals surface area (Å²) in [6.07, 6.45) is 3.63. The molecule has 2 rings (SSSR count). The van der Waals surface area contributed by atoms with Gasteiger partial charge in [0.15, 0.2) is 5.96 Å². The van der Waals surface area contributed by atoms with E-state index in [9.17, 15) is 5.11 Å². The summed E-state index contributed by atoms with van der Waals surface area (Å²) in [7, 11) is 0. The molecule has 1 fully saturated rings. The van der Waals surface area contributed by atoms with Crippen LogP contribution in [-0.4, -0.2) is 42.3 Å². The van der Waals surface area contributed by atoms with E-state index in [4.69, 9.17) is 4.99 Å². The second-order valence-corrected chi connectivity index (χ2v) is 7.23. The zero-order chi connectivity index (χ0) is 18.1. The Morgan fingerprint density at radius 3 is 2.38 bits per heavy atom. The lowest BCUT2D eigenvalue weighted by atomic mass is 9.93. The number of aliphatic hydroxyl groups is 1. The van der Waals surface area contributed by atoms with Crippen LogP contribution in [0.4, 0.5) is 5.69 Å². The molecule has 4 N–H and O–H groups in total. The number of nitrogens with zero attached hydrogens (tertiary/aromatic N) is 1. The molecule has 1 aromatic carbocycles. The third-order valence-corrected chi connectivity index (χ3v) is 4.76. The van der Waals surface area contributed by atoms with Crippen molar-refractivity contribution in [2.45, 2.75) is 64.6 Å². The van der Waals surface area contributed by atoms with Crippen LogP contribution in [0.1, 0.15) is 46.5 Å². The predicted octanol–water partition coefficient (Wildman–Crippen LogP) is 3.60. The molecule has 1 atom stereocenters. The van der Waals surface area contributed by atoms with E-state index in [0.29, 0.717) is 12.0 Å². The van der Waals surface area contributed by atoms with Crippen molar-refractivity contribution in [3.63, 3.8) is 0 Å². The van der Waals surface area contributed by atoms with Crippen LogP contribution in [0, 0.1) is 5.92 Å². The number of anilines is 1. The Labute approximate surface area is 175 Å². The van der Waals surface area contributed by atoms with Crippen LogP contribution in [0.3, 0.4) is 0 Å². The predicted molar refractivity (Wildman–Crippen MR) is 121 cm³/mol. The summed E-state index contributed by atoms with van der Waals surface area (Å²) in [6.45, 7) is 8.10. The highest BCUT2D eigenvalue weighted by Gasteiger charge is 2.20. The normalized spacial score (nSPS) is 21.7. The number of hydrogen-bond acceptors (Lipinski definition) is 3. The molecule has 0 aliphatic heterocycles. The van der Waals surface area contributed by atoms with Crippen LogP contribution in [0.5, 0.6) is 0 Å². The van der Waals surface area contributed by atoms with E-state index in [1.807, 2.05) is 18.2 Å². The minimum Gasteiger partial charge on any atom is -0.393 e. The third kappa shape index (κ3) is 8.12. The number of aliphatic hydroxyl groups excluding tert-OH is 1. The van der Waals surface area contributed by atoms with Crippen LogP contribution in [-0.2, 0) is 0 Å². The summed E-state index contributed by atoms with van der Waals surface area (Å²) in [4.78, 5) is 4.81. The van der Waals surface area contributed by atoms with E-state index in [-0.39, 0.29) is 36.1 Å². The van der Waals surface area contributed by atoms with E-state index in [1.165, 1.54) is 0 Å². The van der Waals surface area contributed by atoms with Gasteiger partial charge in [-0.15, -0.1) is 24.0 Å². The van der Waals surface area contributed by atoms with Gasteiger partial charge < -0.3 is 21.1 Å².